The van der Waals surface area contributed by atoms with Crippen LogP contribution in [0.5, 0.6) is 0 Å². The number of aliphatic hydroxyl groups is 2. The number of carboxylic acid groups (broad SMARTS) is 1. The highest BCUT2D eigenvalue weighted by Crippen LogP contribution is 2.33. The summed E-state index contributed by atoms with van der Waals surface area (Å²) in [5.74, 6) is 4.34. The molecule has 0 aromatic carbocycles. The second-order valence-electron chi connectivity index (χ2n) is 3.60. The number of carboxylic acids is 1. The number of hydrogen-bond donors (Lipinski definition) is 3. The monoisotopic (exact) mass is 294 g/mol. The smallest absolute Gasteiger partial charge is 0.345 e. The van der Waals surface area contributed by atoms with Crippen LogP contribution < -0.4 is 0 Å². The highest BCUT2D eigenvalue weighted by atomic mass is 32.1. The van der Waals surface area contributed by atoms with Crippen molar-refractivity contribution in [3.8, 4) is 21.6 Å². The lowest BCUT2D eigenvalue weighted by Crippen LogP contribution is -2.07. The van der Waals surface area contributed by atoms with Crippen molar-refractivity contribution in [2.45, 2.75) is 6.10 Å². The standard InChI is InChI=1S/C13H10O4S2/c14-7-8(15)1-2-9-3-4-10(18-9)11-5-6-12(19-11)13(16)17/h3-6,8,14-15H,7H2,(H,16,17). The van der Waals surface area contributed by atoms with E-state index in [1.807, 2.05) is 6.07 Å². The molecule has 0 bridgehead atoms. The Labute approximate surface area is 117 Å². The van der Waals surface area contributed by atoms with Crippen LogP contribution in [-0.4, -0.2) is 34.0 Å². The van der Waals surface area contributed by atoms with Gasteiger partial charge in [-0.1, -0.05) is 11.8 Å². The minimum Gasteiger partial charge on any atom is -0.477 e. The molecule has 6 heteroatoms. The van der Waals surface area contributed by atoms with Crippen LogP contribution in [0.15, 0.2) is 24.3 Å². The van der Waals surface area contributed by atoms with E-state index in [4.69, 9.17) is 15.3 Å². The van der Waals surface area contributed by atoms with E-state index < -0.39 is 18.7 Å². The summed E-state index contributed by atoms with van der Waals surface area (Å²) in [6, 6.07) is 7.00. The zero-order valence-electron chi connectivity index (χ0n) is 9.66. The van der Waals surface area contributed by atoms with Crippen LogP contribution in [0.4, 0.5) is 0 Å². The Kier molecular flexibility index (Phi) is 4.35. The van der Waals surface area contributed by atoms with E-state index in [9.17, 15) is 4.79 Å². The molecule has 2 heterocycles. The van der Waals surface area contributed by atoms with E-state index >= 15 is 0 Å². The lowest BCUT2D eigenvalue weighted by atomic mass is 10.3. The highest BCUT2D eigenvalue weighted by molar-refractivity contribution is 7.23. The third kappa shape index (κ3) is 3.43. The largest absolute Gasteiger partial charge is 0.477 e. The van der Waals surface area contributed by atoms with E-state index in [-0.39, 0.29) is 0 Å². The predicted octanol–water partition coefficient (Wildman–Crippen LogP) is 1.88. The molecular weight excluding hydrogens is 284 g/mol. The summed E-state index contributed by atoms with van der Waals surface area (Å²) in [5, 5.41) is 26.6. The molecule has 0 aliphatic heterocycles. The fourth-order valence-corrected chi connectivity index (χ4v) is 3.13. The van der Waals surface area contributed by atoms with Gasteiger partial charge in [-0.05, 0) is 24.3 Å². The molecule has 19 heavy (non-hydrogen) atoms. The molecule has 1 unspecified atom stereocenters. The molecule has 0 aliphatic rings. The van der Waals surface area contributed by atoms with Gasteiger partial charge in [-0.2, -0.15) is 0 Å². The summed E-state index contributed by atoms with van der Waals surface area (Å²) in [6.45, 7) is -0.391. The van der Waals surface area contributed by atoms with Gasteiger partial charge >= 0.3 is 5.97 Å². The zero-order valence-corrected chi connectivity index (χ0v) is 11.3. The van der Waals surface area contributed by atoms with Gasteiger partial charge in [-0.3, -0.25) is 0 Å². The van der Waals surface area contributed by atoms with Crippen LogP contribution in [-0.2, 0) is 0 Å². The molecule has 0 aliphatic carbocycles. The summed E-state index contributed by atoms with van der Waals surface area (Å²) in [7, 11) is 0. The Morgan fingerprint density at radius 3 is 2.53 bits per heavy atom. The summed E-state index contributed by atoms with van der Waals surface area (Å²) in [6.07, 6.45) is -1.04. The van der Waals surface area contributed by atoms with Gasteiger partial charge in [-0.15, -0.1) is 22.7 Å². The number of rotatable bonds is 3. The molecule has 2 rings (SSSR count). The third-order valence-corrected chi connectivity index (χ3v) is 4.47. The van der Waals surface area contributed by atoms with E-state index in [1.165, 1.54) is 22.7 Å². The fraction of sp³-hybridized carbons (Fsp3) is 0.154. The first kappa shape index (κ1) is 13.8. The topological polar surface area (TPSA) is 77.8 Å². The fourth-order valence-electron chi connectivity index (χ4n) is 1.32. The van der Waals surface area contributed by atoms with Gasteiger partial charge in [0, 0.05) is 9.75 Å². The summed E-state index contributed by atoms with van der Waals surface area (Å²) < 4.78 is 0. The van der Waals surface area contributed by atoms with Crippen molar-refractivity contribution in [2.24, 2.45) is 0 Å². The Morgan fingerprint density at radius 2 is 1.89 bits per heavy atom. The van der Waals surface area contributed by atoms with Crippen molar-refractivity contribution in [3.63, 3.8) is 0 Å². The second-order valence-corrected chi connectivity index (χ2v) is 5.77. The lowest BCUT2D eigenvalue weighted by Gasteiger charge is -1.92. The molecule has 2 aromatic rings. The van der Waals surface area contributed by atoms with Crippen LogP contribution in [0, 0.1) is 11.8 Å². The summed E-state index contributed by atoms with van der Waals surface area (Å²) >= 11 is 2.62. The molecule has 0 saturated carbocycles. The minimum absolute atomic E-state index is 0.298. The molecule has 4 nitrogen and oxygen atoms in total. The van der Waals surface area contributed by atoms with Crippen LogP contribution in [0.2, 0.25) is 0 Å². The number of hydrogen-bond acceptors (Lipinski definition) is 5. The van der Waals surface area contributed by atoms with E-state index in [2.05, 4.69) is 11.8 Å². The van der Waals surface area contributed by atoms with E-state index in [0.717, 1.165) is 14.6 Å². The average molecular weight is 294 g/mol. The summed E-state index contributed by atoms with van der Waals surface area (Å²) in [4.78, 5) is 13.7. The average Bonchev–Trinajstić information content (AvgIpc) is 3.04. The van der Waals surface area contributed by atoms with Gasteiger partial charge < -0.3 is 15.3 Å². The number of aliphatic hydroxyl groups excluding tert-OH is 2. The van der Waals surface area contributed by atoms with Crippen LogP contribution >= 0.6 is 22.7 Å². The number of thiophene rings is 2. The highest BCUT2D eigenvalue weighted by Gasteiger charge is 2.09. The van der Waals surface area contributed by atoms with Crippen molar-refractivity contribution < 1.29 is 20.1 Å². The molecule has 0 radical (unpaired) electrons. The number of carbonyl (C=O) groups is 1. The molecule has 98 valence electrons. The van der Waals surface area contributed by atoms with Gasteiger partial charge in [-0.25, -0.2) is 4.79 Å². The first-order valence-electron chi connectivity index (χ1n) is 5.34. The van der Waals surface area contributed by atoms with Gasteiger partial charge in [0.1, 0.15) is 11.0 Å². The van der Waals surface area contributed by atoms with Crippen LogP contribution in [0.3, 0.4) is 0 Å². The van der Waals surface area contributed by atoms with E-state index in [1.54, 1.807) is 18.2 Å². The maximum absolute atomic E-state index is 10.8. The van der Waals surface area contributed by atoms with Crippen molar-refractivity contribution in [3.05, 3.63) is 34.0 Å². The second kappa shape index (κ2) is 5.99. The quantitative estimate of drug-likeness (QED) is 0.755. The van der Waals surface area contributed by atoms with Crippen molar-refractivity contribution in [1.82, 2.24) is 0 Å². The van der Waals surface area contributed by atoms with Crippen molar-refractivity contribution >= 4 is 28.6 Å². The molecule has 1 atom stereocenters. The molecule has 0 spiro atoms. The zero-order chi connectivity index (χ0) is 13.8. The maximum Gasteiger partial charge on any atom is 0.345 e. The molecule has 2 aromatic heterocycles. The van der Waals surface area contributed by atoms with Crippen molar-refractivity contribution in [2.75, 3.05) is 6.61 Å². The molecule has 0 amide bonds. The lowest BCUT2D eigenvalue weighted by molar-refractivity contribution is 0.0702. The van der Waals surface area contributed by atoms with Crippen LogP contribution in [0.1, 0.15) is 14.5 Å². The number of aromatic carboxylic acids is 1. The third-order valence-electron chi connectivity index (χ3n) is 2.20. The molecule has 0 fully saturated rings. The van der Waals surface area contributed by atoms with Gasteiger partial charge in [0.15, 0.2) is 0 Å². The Bertz CT molecular complexity index is 645. The molecule has 0 saturated heterocycles. The normalized spacial score (nSPS) is 11.7. The summed E-state index contributed by atoms with van der Waals surface area (Å²) in [5.41, 5.74) is 0. The first-order valence-corrected chi connectivity index (χ1v) is 6.97. The van der Waals surface area contributed by atoms with Gasteiger partial charge in [0.25, 0.3) is 0 Å². The Hall–Kier alpha value is -1.65. The Morgan fingerprint density at radius 1 is 1.21 bits per heavy atom. The van der Waals surface area contributed by atoms with Gasteiger partial charge in [0.05, 0.1) is 11.5 Å². The van der Waals surface area contributed by atoms with E-state index in [0.29, 0.717) is 4.88 Å². The predicted molar refractivity (Wildman–Crippen MR) is 74.6 cm³/mol. The van der Waals surface area contributed by atoms with Crippen molar-refractivity contribution in [1.29, 1.82) is 0 Å². The first-order chi connectivity index (χ1) is 9.10. The molecule has 3 N–H and O–H groups in total. The van der Waals surface area contributed by atoms with Gasteiger partial charge in [0.2, 0.25) is 0 Å². The molecular formula is C13H10O4S2. The SMILES string of the molecule is O=C(O)c1ccc(-c2ccc(C#CC(O)CO)s2)s1. The van der Waals surface area contributed by atoms with Crippen LogP contribution in [0.25, 0.3) is 9.75 Å². The Balaban J connectivity index is 2.20. The maximum atomic E-state index is 10.8. The minimum atomic E-state index is -1.04.